The quantitative estimate of drug-likeness (QED) is 0.136. The van der Waals surface area contributed by atoms with Crippen molar-refractivity contribution in [1.82, 2.24) is 10.2 Å². The van der Waals surface area contributed by atoms with Gasteiger partial charge in [0.25, 0.3) is 0 Å². The molecule has 156 valence electrons. The van der Waals surface area contributed by atoms with E-state index in [1.165, 1.54) is 32.1 Å². The summed E-state index contributed by atoms with van der Waals surface area (Å²) in [4.78, 5) is 7.41. The van der Waals surface area contributed by atoms with Crippen LogP contribution in [-0.4, -0.2) is 50.3 Å². The summed E-state index contributed by atoms with van der Waals surface area (Å²) < 4.78 is 0. The zero-order valence-electron chi connectivity index (χ0n) is 19.4. The number of rotatable bonds is 10. The molecule has 0 aliphatic heterocycles. The SMILES string of the molecule is C#C.CC.CCCCCC(C)(C)CCN(C)C(S)=B/C=C(\C)C(=NC)NC. The van der Waals surface area contributed by atoms with Crippen LogP contribution in [0.3, 0.4) is 0 Å². The van der Waals surface area contributed by atoms with Crippen LogP contribution < -0.4 is 5.32 Å². The van der Waals surface area contributed by atoms with E-state index in [9.17, 15) is 0 Å². The Morgan fingerprint density at radius 1 is 1.22 bits per heavy atom. The van der Waals surface area contributed by atoms with E-state index in [0.717, 1.165) is 22.9 Å². The molecule has 5 heteroatoms. The minimum atomic E-state index is 0.400. The predicted octanol–water partition coefficient (Wildman–Crippen LogP) is 5.06. The van der Waals surface area contributed by atoms with Gasteiger partial charge in [-0.3, -0.25) is 0 Å². The molecule has 0 unspecified atom stereocenters. The van der Waals surface area contributed by atoms with Crippen molar-refractivity contribution in [2.45, 2.75) is 73.6 Å². The summed E-state index contributed by atoms with van der Waals surface area (Å²) in [6.07, 6.45) is 14.5. The fourth-order valence-corrected chi connectivity index (χ4v) is 2.63. The Kier molecular flexibility index (Phi) is 22.2. The van der Waals surface area contributed by atoms with Gasteiger partial charge in [0.05, 0.1) is 0 Å². The monoisotopic (exact) mass is 393 g/mol. The molecule has 0 radical (unpaired) electrons. The molecule has 0 saturated heterocycles. The summed E-state index contributed by atoms with van der Waals surface area (Å²) in [7, 11) is 5.79. The third-order valence-electron chi connectivity index (χ3n) is 4.29. The molecular formula is C22H44BN3S. The van der Waals surface area contributed by atoms with Crippen LogP contribution in [0.25, 0.3) is 0 Å². The van der Waals surface area contributed by atoms with E-state index in [4.69, 9.17) is 0 Å². The average Bonchev–Trinajstić information content (AvgIpc) is 2.68. The van der Waals surface area contributed by atoms with Crippen molar-refractivity contribution < 1.29 is 0 Å². The molecule has 3 nitrogen and oxygen atoms in total. The molecular weight excluding hydrogens is 349 g/mol. The third kappa shape index (κ3) is 16.7. The van der Waals surface area contributed by atoms with Gasteiger partial charge in [-0.1, -0.05) is 13.8 Å². The van der Waals surface area contributed by atoms with Crippen LogP contribution in [0.15, 0.2) is 16.5 Å². The van der Waals surface area contributed by atoms with Gasteiger partial charge >= 0.3 is 150 Å². The first kappa shape index (κ1) is 30.6. The molecule has 0 aliphatic carbocycles. The molecule has 0 amide bonds. The number of hydrogen-bond acceptors (Lipinski definition) is 3. The number of thiol groups is 1. The second-order valence-corrected chi connectivity index (χ2v) is 7.45. The first-order chi connectivity index (χ1) is 12.8. The van der Waals surface area contributed by atoms with Gasteiger partial charge in [-0.2, -0.15) is 0 Å². The predicted molar refractivity (Wildman–Crippen MR) is 132 cm³/mol. The Morgan fingerprint density at radius 2 is 1.78 bits per heavy atom. The number of terminal acetylenes is 1. The summed E-state index contributed by atoms with van der Waals surface area (Å²) >= 11 is 4.62. The third-order valence-corrected chi connectivity index (χ3v) is 4.78. The first-order valence-electron chi connectivity index (χ1n) is 10.0. The van der Waals surface area contributed by atoms with Gasteiger partial charge in [0.1, 0.15) is 0 Å². The van der Waals surface area contributed by atoms with Gasteiger partial charge < -0.3 is 0 Å². The second-order valence-electron chi connectivity index (χ2n) is 6.99. The van der Waals surface area contributed by atoms with Crippen LogP contribution in [0.2, 0.25) is 0 Å². The molecule has 0 atom stereocenters. The molecule has 0 heterocycles. The molecule has 0 aliphatic rings. The molecule has 0 aromatic rings. The Hall–Kier alpha value is -1.15. The number of nitrogens with one attached hydrogen (secondary N) is 1. The van der Waals surface area contributed by atoms with Crippen molar-refractivity contribution in [3.8, 4) is 12.8 Å². The number of amidine groups is 1. The number of unbranched alkanes of at least 4 members (excludes halogenated alkanes) is 2. The van der Waals surface area contributed by atoms with Gasteiger partial charge in [-0.05, 0) is 0 Å². The number of aliphatic imine (C=N–C) groups is 1. The van der Waals surface area contributed by atoms with Crippen molar-refractivity contribution in [3.05, 3.63) is 11.5 Å². The van der Waals surface area contributed by atoms with E-state index in [1.807, 2.05) is 34.7 Å². The molecule has 0 spiro atoms. The topological polar surface area (TPSA) is 27.6 Å². The van der Waals surface area contributed by atoms with Crippen molar-refractivity contribution in [1.29, 1.82) is 0 Å². The fourth-order valence-electron chi connectivity index (χ4n) is 2.45. The molecule has 0 bridgehead atoms. The fraction of sp³-hybridized carbons (Fsp3) is 0.727. The van der Waals surface area contributed by atoms with Gasteiger partial charge in [0.2, 0.25) is 0 Å². The minimum absolute atomic E-state index is 0.400. The maximum absolute atomic E-state index is 4.62. The van der Waals surface area contributed by atoms with Crippen molar-refractivity contribution >= 4 is 30.3 Å². The van der Waals surface area contributed by atoms with Gasteiger partial charge in [0, 0.05) is 0 Å². The molecule has 0 rings (SSSR count). The number of likely N-dealkylation sites (N-methyl/N-ethyl adjacent to an activating group) is 1. The van der Waals surface area contributed by atoms with Gasteiger partial charge in [-0.25, -0.2) is 0 Å². The molecule has 0 aromatic heterocycles. The number of nitrogens with zero attached hydrogens (tertiary/aromatic N) is 2. The summed E-state index contributed by atoms with van der Waals surface area (Å²) in [5.41, 5.74) is 1.51. The van der Waals surface area contributed by atoms with Gasteiger partial charge in [-0.15, -0.1) is 12.8 Å². The van der Waals surface area contributed by atoms with Crippen molar-refractivity contribution in [2.24, 2.45) is 10.4 Å². The van der Waals surface area contributed by atoms with Crippen LogP contribution in [0.4, 0.5) is 0 Å². The van der Waals surface area contributed by atoms with Crippen LogP contribution >= 0.6 is 12.6 Å². The number of hydrogen-bond donors (Lipinski definition) is 2. The molecule has 0 aromatic carbocycles. The van der Waals surface area contributed by atoms with Crippen LogP contribution in [0.5, 0.6) is 0 Å². The van der Waals surface area contributed by atoms with E-state index in [1.54, 1.807) is 7.05 Å². The van der Waals surface area contributed by atoms with E-state index in [2.05, 4.69) is 74.5 Å². The molecule has 0 fully saturated rings. The second kappa shape index (κ2) is 19.6. The van der Waals surface area contributed by atoms with Crippen molar-refractivity contribution in [2.75, 3.05) is 27.7 Å². The molecule has 1 N–H and O–H groups in total. The summed E-state index contributed by atoms with van der Waals surface area (Å²) in [6.45, 7) is 16.1. The van der Waals surface area contributed by atoms with E-state index in [0.29, 0.717) is 5.41 Å². The van der Waals surface area contributed by atoms with Gasteiger partial charge in [0.15, 0.2) is 0 Å². The van der Waals surface area contributed by atoms with E-state index < -0.39 is 0 Å². The Balaban J connectivity index is -0.00000134. The van der Waals surface area contributed by atoms with Crippen LogP contribution in [-0.2, 0) is 0 Å². The van der Waals surface area contributed by atoms with Crippen molar-refractivity contribution in [3.63, 3.8) is 0 Å². The summed E-state index contributed by atoms with van der Waals surface area (Å²) in [5.74, 6) is 2.96. The first-order valence-corrected chi connectivity index (χ1v) is 10.5. The Labute approximate surface area is 176 Å². The standard InChI is InChI=1S/C18H36BN3S.C2H6.C2H2/c1-8-9-10-11-18(3,4)12-13-22(7)17(23)19-14-15(2)16(20-5)21-6;2*1-2/h14,23H,8-13H2,1-7H3,(H,20,21);1-2H3;1-2H/b15-14+;;. The molecule has 27 heavy (non-hydrogen) atoms. The normalized spacial score (nSPS) is 12.1. The van der Waals surface area contributed by atoms with E-state index in [-0.39, 0.29) is 0 Å². The maximum atomic E-state index is 4.62. The molecule has 0 saturated carbocycles. The van der Waals surface area contributed by atoms with Crippen LogP contribution in [0.1, 0.15) is 73.6 Å². The van der Waals surface area contributed by atoms with Crippen LogP contribution in [0, 0.1) is 18.3 Å². The zero-order chi connectivity index (χ0) is 21.9. The summed E-state index contributed by atoms with van der Waals surface area (Å²) in [5, 5.41) is 3.09. The van der Waals surface area contributed by atoms with E-state index >= 15 is 0 Å². The Bertz CT molecular complexity index is 465. The average molecular weight is 393 g/mol. The zero-order valence-corrected chi connectivity index (χ0v) is 20.3. The Morgan fingerprint density at radius 3 is 2.22 bits per heavy atom. The summed E-state index contributed by atoms with van der Waals surface area (Å²) in [6, 6.07) is 0.